The summed E-state index contributed by atoms with van der Waals surface area (Å²) < 4.78 is 7.43. The fourth-order valence-electron chi connectivity index (χ4n) is 2.74. The second-order valence-electron chi connectivity index (χ2n) is 6.27. The van der Waals surface area contributed by atoms with Gasteiger partial charge in [-0.15, -0.1) is 0 Å². The zero-order valence-electron chi connectivity index (χ0n) is 14.9. The molecule has 0 radical (unpaired) electrons. The zero-order chi connectivity index (χ0) is 18.4. The average molecular weight is 346 g/mol. The molecule has 0 fully saturated rings. The highest BCUT2D eigenvalue weighted by Gasteiger charge is 2.14. The number of carbonyl (C=O) groups excluding carboxylic acids is 1. The van der Waals surface area contributed by atoms with E-state index >= 15 is 0 Å². The summed E-state index contributed by atoms with van der Waals surface area (Å²) in [7, 11) is 0. The number of ether oxygens (including phenoxy) is 1. The second-order valence-corrected chi connectivity index (χ2v) is 6.27. The van der Waals surface area contributed by atoms with Crippen molar-refractivity contribution in [3.05, 3.63) is 102 Å². The minimum absolute atomic E-state index is 0.148. The molecule has 0 N–H and O–H groups in total. The molecule has 4 heteroatoms. The second kappa shape index (κ2) is 8.30. The Kier molecular flexibility index (Phi) is 5.64. The standard InChI is InChI=1S/C22H22N2O2/c1-17(2)22(25)26-15-20-21(13-18-9-5-3-6-10-18)24(16-23-20)14-19-11-7-4-8-12-19/h3-12,16H,1,13-15H2,2H3. The molecule has 0 aliphatic heterocycles. The van der Waals surface area contributed by atoms with Crippen molar-refractivity contribution in [2.45, 2.75) is 26.5 Å². The van der Waals surface area contributed by atoms with Crippen molar-refractivity contribution in [2.24, 2.45) is 0 Å². The third-order valence-corrected chi connectivity index (χ3v) is 4.13. The van der Waals surface area contributed by atoms with Crippen molar-refractivity contribution >= 4 is 5.97 Å². The number of hydrogen-bond acceptors (Lipinski definition) is 3. The number of imidazole rings is 1. The third-order valence-electron chi connectivity index (χ3n) is 4.13. The maximum absolute atomic E-state index is 11.7. The van der Waals surface area contributed by atoms with Crippen molar-refractivity contribution < 1.29 is 9.53 Å². The Balaban J connectivity index is 1.86. The van der Waals surface area contributed by atoms with Gasteiger partial charge in [0.1, 0.15) is 6.61 Å². The van der Waals surface area contributed by atoms with E-state index in [1.54, 1.807) is 6.92 Å². The quantitative estimate of drug-likeness (QED) is 0.477. The summed E-state index contributed by atoms with van der Waals surface area (Å²) in [5.74, 6) is -0.395. The number of benzene rings is 2. The van der Waals surface area contributed by atoms with Gasteiger partial charge in [-0.1, -0.05) is 67.2 Å². The van der Waals surface area contributed by atoms with Crippen LogP contribution >= 0.6 is 0 Å². The smallest absolute Gasteiger partial charge is 0.333 e. The van der Waals surface area contributed by atoms with Gasteiger partial charge >= 0.3 is 5.97 Å². The van der Waals surface area contributed by atoms with Gasteiger partial charge in [-0.2, -0.15) is 0 Å². The van der Waals surface area contributed by atoms with Crippen molar-refractivity contribution in [3.8, 4) is 0 Å². The van der Waals surface area contributed by atoms with Gasteiger partial charge in [0, 0.05) is 24.2 Å². The Bertz CT molecular complexity index is 883. The van der Waals surface area contributed by atoms with Crippen molar-refractivity contribution in [2.75, 3.05) is 0 Å². The first-order chi connectivity index (χ1) is 12.6. The summed E-state index contributed by atoms with van der Waals surface area (Å²) in [6, 6.07) is 20.5. The van der Waals surface area contributed by atoms with Gasteiger partial charge in [0.2, 0.25) is 0 Å². The first kappa shape index (κ1) is 17.7. The van der Waals surface area contributed by atoms with Crippen LogP contribution in [0.2, 0.25) is 0 Å². The molecule has 4 nitrogen and oxygen atoms in total. The van der Waals surface area contributed by atoms with Crippen molar-refractivity contribution in [1.29, 1.82) is 0 Å². The van der Waals surface area contributed by atoms with Crippen molar-refractivity contribution in [1.82, 2.24) is 9.55 Å². The summed E-state index contributed by atoms with van der Waals surface area (Å²) in [6.45, 7) is 6.13. The van der Waals surface area contributed by atoms with Crippen LogP contribution in [0.15, 0.2) is 79.1 Å². The summed E-state index contributed by atoms with van der Waals surface area (Å²) in [4.78, 5) is 16.2. The molecule has 3 rings (SSSR count). The Morgan fingerprint density at radius 1 is 1.04 bits per heavy atom. The van der Waals surface area contributed by atoms with Crippen LogP contribution in [0.1, 0.15) is 29.4 Å². The molecule has 1 heterocycles. The predicted molar refractivity (Wildman–Crippen MR) is 102 cm³/mol. The number of rotatable bonds is 7. The lowest BCUT2D eigenvalue weighted by molar-refractivity contribution is -0.140. The zero-order valence-corrected chi connectivity index (χ0v) is 14.9. The molecule has 0 aliphatic carbocycles. The van der Waals surface area contributed by atoms with E-state index in [9.17, 15) is 4.79 Å². The van der Waals surface area contributed by atoms with Gasteiger partial charge in [0.15, 0.2) is 0 Å². The van der Waals surface area contributed by atoms with Gasteiger partial charge in [-0.05, 0) is 18.1 Å². The fourth-order valence-corrected chi connectivity index (χ4v) is 2.74. The van der Waals surface area contributed by atoms with Gasteiger partial charge in [-0.25, -0.2) is 9.78 Å². The monoisotopic (exact) mass is 346 g/mol. The molecule has 26 heavy (non-hydrogen) atoms. The molecule has 0 amide bonds. The molecule has 0 atom stereocenters. The number of esters is 1. The van der Waals surface area contributed by atoms with Gasteiger partial charge in [0.25, 0.3) is 0 Å². The van der Waals surface area contributed by atoms with Gasteiger partial charge < -0.3 is 9.30 Å². The van der Waals surface area contributed by atoms with E-state index in [1.165, 1.54) is 11.1 Å². The predicted octanol–water partition coefficient (Wildman–Crippen LogP) is 4.14. The van der Waals surface area contributed by atoms with E-state index in [2.05, 4.69) is 40.4 Å². The first-order valence-corrected chi connectivity index (χ1v) is 8.57. The topological polar surface area (TPSA) is 44.1 Å². The van der Waals surface area contributed by atoms with Crippen molar-refractivity contribution in [3.63, 3.8) is 0 Å². The van der Waals surface area contributed by atoms with E-state index < -0.39 is 5.97 Å². The molecule has 0 spiro atoms. The van der Waals surface area contributed by atoms with E-state index in [1.807, 2.05) is 42.7 Å². The summed E-state index contributed by atoms with van der Waals surface area (Å²) in [5, 5.41) is 0. The summed E-state index contributed by atoms with van der Waals surface area (Å²) in [6.07, 6.45) is 2.54. The molecule has 0 saturated heterocycles. The molecule has 0 aliphatic rings. The maximum Gasteiger partial charge on any atom is 0.333 e. The first-order valence-electron chi connectivity index (χ1n) is 8.57. The number of hydrogen-bond donors (Lipinski definition) is 0. The van der Waals surface area contributed by atoms with Gasteiger partial charge in [-0.3, -0.25) is 0 Å². The summed E-state index contributed by atoms with van der Waals surface area (Å²) >= 11 is 0. The molecule has 0 unspecified atom stereocenters. The molecule has 0 bridgehead atoms. The minimum atomic E-state index is -0.395. The maximum atomic E-state index is 11.7. The summed E-state index contributed by atoms with van der Waals surface area (Å²) in [5.41, 5.74) is 4.60. The normalized spacial score (nSPS) is 10.5. The van der Waals surface area contributed by atoms with E-state index in [-0.39, 0.29) is 6.61 Å². The lowest BCUT2D eigenvalue weighted by atomic mass is 10.1. The van der Waals surface area contributed by atoms with E-state index in [4.69, 9.17) is 4.74 Å². The highest BCUT2D eigenvalue weighted by Crippen LogP contribution is 2.17. The van der Waals surface area contributed by atoms with Crippen LogP contribution in [0, 0.1) is 0 Å². The fraction of sp³-hybridized carbons (Fsp3) is 0.182. The molecule has 2 aromatic carbocycles. The minimum Gasteiger partial charge on any atom is -0.456 e. The van der Waals surface area contributed by atoms with Crippen LogP contribution in [0.5, 0.6) is 0 Å². The van der Waals surface area contributed by atoms with E-state index in [0.29, 0.717) is 5.57 Å². The number of aromatic nitrogens is 2. The highest BCUT2D eigenvalue weighted by molar-refractivity contribution is 5.86. The van der Waals surface area contributed by atoms with Crippen LogP contribution in [-0.2, 0) is 29.1 Å². The van der Waals surface area contributed by atoms with Crippen LogP contribution in [0.25, 0.3) is 0 Å². The Labute approximate surface area is 153 Å². The molecule has 132 valence electrons. The van der Waals surface area contributed by atoms with Crippen LogP contribution < -0.4 is 0 Å². The van der Waals surface area contributed by atoms with Gasteiger partial charge in [0.05, 0.1) is 12.0 Å². The van der Waals surface area contributed by atoms with E-state index in [0.717, 1.165) is 24.4 Å². The molecular formula is C22H22N2O2. The van der Waals surface area contributed by atoms with Crippen LogP contribution in [0.4, 0.5) is 0 Å². The lowest BCUT2D eigenvalue weighted by Gasteiger charge is -2.11. The highest BCUT2D eigenvalue weighted by atomic mass is 16.5. The Hall–Kier alpha value is -3.14. The molecular weight excluding hydrogens is 324 g/mol. The molecule has 3 aromatic rings. The molecule has 0 saturated carbocycles. The SMILES string of the molecule is C=C(C)C(=O)OCc1ncn(Cc2ccccc2)c1Cc1ccccc1. The average Bonchev–Trinajstić information content (AvgIpc) is 3.03. The lowest BCUT2D eigenvalue weighted by Crippen LogP contribution is -2.09. The van der Waals surface area contributed by atoms with Crippen LogP contribution in [-0.4, -0.2) is 15.5 Å². The Morgan fingerprint density at radius 3 is 2.27 bits per heavy atom. The molecule has 1 aromatic heterocycles. The third kappa shape index (κ3) is 4.48. The number of carbonyl (C=O) groups is 1. The number of nitrogens with zero attached hydrogens (tertiary/aromatic N) is 2. The Morgan fingerprint density at radius 2 is 1.65 bits per heavy atom. The largest absolute Gasteiger partial charge is 0.456 e. The van der Waals surface area contributed by atoms with Crippen LogP contribution in [0.3, 0.4) is 0 Å².